The van der Waals surface area contributed by atoms with Crippen LogP contribution >= 0.6 is 0 Å². The number of fused-ring (bicyclic) bond motifs is 1. The summed E-state index contributed by atoms with van der Waals surface area (Å²) in [7, 11) is -0.848. The zero-order valence-electron chi connectivity index (χ0n) is 10.4. The molecular formula is C11H14N4O3S. The van der Waals surface area contributed by atoms with Crippen LogP contribution in [0.1, 0.15) is 17.4 Å². The molecule has 0 aliphatic carbocycles. The van der Waals surface area contributed by atoms with Crippen LogP contribution in [0.5, 0.6) is 0 Å². The monoisotopic (exact) mass is 282 g/mol. The van der Waals surface area contributed by atoms with Crippen LogP contribution < -0.4 is 5.32 Å². The maximum absolute atomic E-state index is 11.3. The lowest BCUT2D eigenvalue weighted by Crippen LogP contribution is -2.13. The van der Waals surface area contributed by atoms with Gasteiger partial charge in [-0.15, -0.1) is 0 Å². The molecule has 0 aliphatic heterocycles. The van der Waals surface area contributed by atoms with Gasteiger partial charge in [-0.1, -0.05) is 6.92 Å². The number of hydrogen-bond donors (Lipinski definition) is 2. The highest BCUT2D eigenvalue weighted by Crippen LogP contribution is 2.13. The molecule has 2 N–H and O–H groups in total. The number of imidazole rings is 1. The first kappa shape index (κ1) is 13.5. The van der Waals surface area contributed by atoms with Gasteiger partial charge in [0, 0.05) is 47.4 Å². The van der Waals surface area contributed by atoms with Crippen molar-refractivity contribution < 1.29 is 14.1 Å². The molecule has 0 radical (unpaired) electrons. The largest absolute Gasteiger partial charge is 0.476 e. The summed E-state index contributed by atoms with van der Waals surface area (Å²) in [5, 5.41) is 11.9. The van der Waals surface area contributed by atoms with Crippen molar-refractivity contribution >= 4 is 28.2 Å². The maximum Gasteiger partial charge on any atom is 0.356 e. The van der Waals surface area contributed by atoms with E-state index in [-0.39, 0.29) is 5.69 Å². The summed E-state index contributed by atoms with van der Waals surface area (Å²) >= 11 is 0. The topological polar surface area (TPSA) is 96.6 Å². The lowest BCUT2D eigenvalue weighted by atomic mass is 10.5. The highest BCUT2D eigenvalue weighted by Gasteiger charge is 2.11. The molecule has 0 amide bonds. The predicted molar refractivity (Wildman–Crippen MR) is 72.0 cm³/mol. The number of nitrogens with one attached hydrogen (secondary N) is 1. The van der Waals surface area contributed by atoms with E-state index in [0.29, 0.717) is 29.5 Å². The van der Waals surface area contributed by atoms with Crippen molar-refractivity contribution in [3.63, 3.8) is 0 Å². The molecule has 0 fully saturated rings. The smallest absolute Gasteiger partial charge is 0.356 e. The number of anilines is 1. The standard InChI is InChI=1S/C11H14N4O3S/c1-2-19(18)6-4-13-9-10-14-8(11(16)17)7-15(10)5-3-12-9/h3,5,7H,2,4,6H2,1H3,(H,12,13)(H,16,17). The van der Waals surface area contributed by atoms with Crippen molar-refractivity contribution in [2.24, 2.45) is 0 Å². The number of nitrogens with zero attached hydrogens (tertiary/aromatic N) is 3. The number of rotatable bonds is 6. The molecule has 7 nitrogen and oxygen atoms in total. The molecule has 2 rings (SSSR count). The van der Waals surface area contributed by atoms with Crippen molar-refractivity contribution in [2.45, 2.75) is 6.92 Å². The zero-order chi connectivity index (χ0) is 13.8. The van der Waals surface area contributed by atoms with Crippen molar-refractivity contribution in [3.05, 3.63) is 24.3 Å². The van der Waals surface area contributed by atoms with E-state index in [4.69, 9.17) is 5.11 Å². The van der Waals surface area contributed by atoms with E-state index >= 15 is 0 Å². The van der Waals surface area contributed by atoms with Gasteiger partial charge < -0.3 is 14.8 Å². The van der Waals surface area contributed by atoms with Crippen molar-refractivity contribution in [1.29, 1.82) is 0 Å². The van der Waals surface area contributed by atoms with E-state index in [2.05, 4.69) is 15.3 Å². The van der Waals surface area contributed by atoms with Gasteiger partial charge in [0.1, 0.15) is 0 Å². The number of aromatic nitrogens is 3. The van der Waals surface area contributed by atoms with Crippen LogP contribution in [-0.2, 0) is 10.8 Å². The van der Waals surface area contributed by atoms with Crippen LogP contribution in [0.2, 0.25) is 0 Å². The van der Waals surface area contributed by atoms with E-state index in [1.165, 1.54) is 6.20 Å². The van der Waals surface area contributed by atoms with Gasteiger partial charge in [0.2, 0.25) is 0 Å². The molecular weight excluding hydrogens is 268 g/mol. The lowest BCUT2D eigenvalue weighted by Gasteiger charge is -2.05. The Morgan fingerprint density at radius 2 is 2.37 bits per heavy atom. The zero-order valence-corrected chi connectivity index (χ0v) is 11.2. The first-order chi connectivity index (χ1) is 9.11. The predicted octanol–water partition coefficient (Wildman–Crippen LogP) is 0.608. The van der Waals surface area contributed by atoms with E-state index < -0.39 is 16.8 Å². The maximum atomic E-state index is 11.3. The third kappa shape index (κ3) is 3.08. The molecule has 0 saturated heterocycles. The van der Waals surface area contributed by atoms with Gasteiger partial charge in [-0.05, 0) is 0 Å². The van der Waals surface area contributed by atoms with Crippen molar-refractivity contribution in [2.75, 3.05) is 23.4 Å². The van der Waals surface area contributed by atoms with Gasteiger partial charge in [0.15, 0.2) is 17.2 Å². The fourth-order valence-electron chi connectivity index (χ4n) is 1.58. The second-order valence-corrected chi connectivity index (χ2v) is 5.66. The first-order valence-electron chi connectivity index (χ1n) is 5.77. The Bertz CT molecular complexity index is 625. The van der Waals surface area contributed by atoms with E-state index in [1.807, 2.05) is 6.92 Å². The summed E-state index contributed by atoms with van der Waals surface area (Å²) in [6.45, 7) is 2.37. The molecule has 2 aromatic rings. The normalized spacial score (nSPS) is 12.5. The number of carboxylic acids is 1. The van der Waals surface area contributed by atoms with Crippen LogP contribution in [0.3, 0.4) is 0 Å². The van der Waals surface area contributed by atoms with Gasteiger partial charge in [-0.2, -0.15) is 0 Å². The molecule has 1 unspecified atom stereocenters. The molecule has 2 heterocycles. The highest BCUT2D eigenvalue weighted by molar-refractivity contribution is 7.84. The van der Waals surface area contributed by atoms with Gasteiger partial charge in [-0.25, -0.2) is 14.8 Å². The van der Waals surface area contributed by atoms with Crippen LogP contribution in [0.15, 0.2) is 18.6 Å². The fourth-order valence-corrected chi connectivity index (χ4v) is 2.19. The van der Waals surface area contributed by atoms with Crippen LogP contribution in [-0.4, -0.2) is 47.7 Å². The van der Waals surface area contributed by atoms with Crippen molar-refractivity contribution in [1.82, 2.24) is 14.4 Å². The molecule has 0 spiro atoms. The average Bonchev–Trinajstić information content (AvgIpc) is 2.83. The Labute approximate surface area is 112 Å². The van der Waals surface area contributed by atoms with Gasteiger partial charge in [-0.3, -0.25) is 4.21 Å². The average molecular weight is 282 g/mol. The second kappa shape index (κ2) is 5.79. The molecule has 0 aromatic carbocycles. The van der Waals surface area contributed by atoms with Gasteiger partial charge in [0.25, 0.3) is 0 Å². The Balaban J connectivity index is 2.18. The summed E-state index contributed by atoms with van der Waals surface area (Å²) < 4.78 is 12.9. The number of aromatic carboxylic acids is 1. The molecule has 0 saturated carbocycles. The summed E-state index contributed by atoms with van der Waals surface area (Å²) in [4.78, 5) is 19.0. The van der Waals surface area contributed by atoms with Crippen LogP contribution in [0.4, 0.5) is 5.82 Å². The molecule has 102 valence electrons. The Hall–Kier alpha value is -1.96. The third-order valence-corrected chi connectivity index (χ3v) is 3.84. The summed E-state index contributed by atoms with van der Waals surface area (Å²) in [6, 6.07) is 0. The van der Waals surface area contributed by atoms with E-state index in [1.54, 1.807) is 16.8 Å². The second-order valence-electron chi connectivity index (χ2n) is 3.80. The number of carboxylic acid groups (broad SMARTS) is 1. The summed E-state index contributed by atoms with van der Waals surface area (Å²) in [5.74, 6) is 0.544. The molecule has 0 bridgehead atoms. The minimum atomic E-state index is -1.08. The quantitative estimate of drug-likeness (QED) is 0.805. The molecule has 19 heavy (non-hydrogen) atoms. The van der Waals surface area contributed by atoms with Crippen LogP contribution in [0.25, 0.3) is 5.65 Å². The molecule has 2 aromatic heterocycles. The minimum absolute atomic E-state index is 0.0341. The lowest BCUT2D eigenvalue weighted by molar-refractivity contribution is 0.0691. The fraction of sp³-hybridized carbons (Fsp3) is 0.364. The minimum Gasteiger partial charge on any atom is -0.476 e. The summed E-state index contributed by atoms with van der Waals surface area (Å²) in [5.41, 5.74) is 0.412. The Morgan fingerprint density at radius 3 is 3.05 bits per heavy atom. The van der Waals surface area contributed by atoms with Gasteiger partial charge >= 0.3 is 5.97 Å². The van der Waals surface area contributed by atoms with Crippen LogP contribution in [0, 0.1) is 0 Å². The highest BCUT2D eigenvalue weighted by atomic mass is 32.2. The third-order valence-electron chi connectivity index (χ3n) is 2.54. The molecule has 8 heteroatoms. The van der Waals surface area contributed by atoms with Gasteiger partial charge in [0.05, 0.1) is 0 Å². The Kier molecular flexibility index (Phi) is 4.10. The molecule has 0 aliphatic rings. The molecule has 1 atom stereocenters. The van der Waals surface area contributed by atoms with E-state index in [0.717, 1.165) is 0 Å². The number of carbonyl (C=O) groups is 1. The summed E-state index contributed by atoms with van der Waals surface area (Å²) in [6.07, 6.45) is 4.61. The number of hydrogen-bond acceptors (Lipinski definition) is 5. The first-order valence-corrected chi connectivity index (χ1v) is 7.26. The SMILES string of the molecule is CCS(=O)CCNc1nccn2cc(C(=O)O)nc12. The Morgan fingerprint density at radius 1 is 1.58 bits per heavy atom. The van der Waals surface area contributed by atoms with E-state index in [9.17, 15) is 9.00 Å². The van der Waals surface area contributed by atoms with Crippen molar-refractivity contribution in [3.8, 4) is 0 Å².